The van der Waals surface area contributed by atoms with E-state index in [0.29, 0.717) is 0 Å². The molecule has 0 aromatic carbocycles. The van der Waals surface area contributed by atoms with Crippen LogP contribution >= 0.6 is 0 Å². The molecular formula is C15H25N3. The van der Waals surface area contributed by atoms with Gasteiger partial charge in [0.2, 0.25) is 0 Å². The zero-order valence-electron chi connectivity index (χ0n) is 11.8. The van der Waals surface area contributed by atoms with Crippen molar-refractivity contribution in [3.63, 3.8) is 0 Å². The summed E-state index contributed by atoms with van der Waals surface area (Å²) in [5.41, 5.74) is 1.32. The molecule has 0 saturated heterocycles. The van der Waals surface area contributed by atoms with Crippen LogP contribution in [0.4, 0.5) is 0 Å². The van der Waals surface area contributed by atoms with Gasteiger partial charge in [-0.15, -0.1) is 0 Å². The summed E-state index contributed by atoms with van der Waals surface area (Å²) in [6.07, 6.45) is 9.88. The van der Waals surface area contributed by atoms with Gasteiger partial charge in [0, 0.05) is 12.7 Å². The average Bonchev–Trinajstić information content (AvgIpc) is 3.26. The molecule has 0 atom stereocenters. The molecule has 2 aliphatic rings. The fraction of sp³-hybridized carbons (Fsp3) is 0.800. The molecule has 1 aromatic heterocycles. The zero-order chi connectivity index (χ0) is 12.8. The second-order valence-electron chi connectivity index (χ2n) is 6.64. The Bertz CT molecular complexity index is 401. The lowest BCUT2D eigenvalue weighted by molar-refractivity contribution is 0.324. The van der Waals surface area contributed by atoms with Crippen LogP contribution in [0.3, 0.4) is 0 Å². The third kappa shape index (κ3) is 2.33. The fourth-order valence-corrected chi connectivity index (χ4v) is 3.07. The van der Waals surface area contributed by atoms with Crippen LogP contribution in [0.15, 0.2) is 12.5 Å². The van der Waals surface area contributed by atoms with Crippen molar-refractivity contribution < 1.29 is 0 Å². The second kappa shape index (κ2) is 4.37. The Morgan fingerprint density at radius 3 is 2.44 bits per heavy atom. The number of rotatable bonds is 6. The topological polar surface area (TPSA) is 29.9 Å². The number of hydrogen-bond acceptors (Lipinski definition) is 2. The minimum absolute atomic E-state index is 0.00809. The van der Waals surface area contributed by atoms with E-state index < -0.39 is 0 Å². The van der Waals surface area contributed by atoms with Crippen molar-refractivity contribution in [2.75, 3.05) is 7.05 Å². The van der Waals surface area contributed by atoms with Gasteiger partial charge in [0.15, 0.2) is 0 Å². The average molecular weight is 247 g/mol. The Labute approximate surface area is 110 Å². The predicted molar refractivity (Wildman–Crippen MR) is 73.3 cm³/mol. The summed E-state index contributed by atoms with van der Waals surface area (Å²) in [5.74, 6) is 2.92. The first-order chi connectivity index (χ1) is 8.62. The zero-order valence-corrected chi connectivity index (χ0v) is 11.8. The van der Waals surface area contributed by atoms with Gasteiger partial charge in [0.25, 0.3) is 0 Å². The van der Waals surface area contributed by atoms with E-state index in [9.17, 15) is 0 Å². The highest BCUT2D eigenvalue weighted by Gasteiger charge is 2.41. The highest BCUT2D eigenvalue weighted by Crippen LogP contribution is 2.50. The van der Waals surface area contributed by atoms with Crippen LogP contribution < -0.4 is 5.32 Å². The standard InChI is InChI=1S/C15H25N3/c1-15(2,16-3)14-8-17-10-18(14)9-13(11-4-5-11)12-6-7-12/h8,10-13,16H,4-7,9H2,1-3H3. The molecule has 100 valence electrons. The number of aromatic nitrogens is 2. The summed E-state index contributed by atoms with van der Waals surface area (Å²) in [6, 6.07) is 0. The van der Waals surface area contributed by atoms with Crippen molar-refractivity contribution in [2.45, 2.75) is 51.6 Å². The summed E-state index contributed by atoms with van der Waals surface area (Å²) in [5, 5.41) is 3.39. The molecule has 0 aliphatic heterocycles. The summed E-state index contributed by atoms with van der Waals surface area (Å²) in [7, 11) is 2.02. The van der Waals surface area contributed by atoms with Crippen molar-refractivity contribution in [3.05, 3.63) is 18.2 Å². The smallest absolute Gasteiger partial charge is 0.0948 e. The van der Waals surface area contributed by atoms with Crippen molar-refractivity contribution in [3.8, 4) is 0 Å². The maximum absolute atomic E-state index is 4.37. The van der Waals surface area contributed by atoms with Crippen molar-refractivity contribution in [1.29, 1.82) is 0 Å². The number of nitrogens with zero attached hydrogens (tertiary/aromatic N) is 2. The van der Waals surface area contributed by atoms with Crippen molar-refractivity contribution >= 4 is 0 Å². The van der Waals surface area contributed by atoms with Gasteiger partial charge < -0.3 is 9.88 Å². The van der Waals surface area contributed by atoms with Gasteiger partial charge in [-0.25, -0.2) is 4.98 Å². The Kier molecular flexibility index (Phi) is 2.97. The molecule has 3 heteroatoms. The quantitative estimate of drug-likeness (QED) is 0.837. The van der Waals surface area contributed by atoms with Gasteiger partial charge >= 0.3 is 0 Å². The minimum Gasteiger partial charge on any atom is -0.333 e. The Balaban J connectivity index is 1.77. The molecule has 3 nitrogen and oxygen atoms in total. The normalized spacial score (nSPS) is 20.7. The van der Waals surface area contributed by atoms with Gasteiger partial charge in [-0.05, 0) is 64.3 Å². The van der Waals surface area contributed by atoms with Crippen LogP contribution in [0.25, 0.3) is 0 Å². The molecule has 0 radical (unpaired) electrons. The van der Waals surface area contributed by atoms with Crippen molar-refractivity contribution in [2.24, 2.45) is 17.8 Å². The minimum atomic E-state index is 0.00809. The van der Waals surface area contributed by atoms with Crippen LogP contribution in [0.5, 0.6) is 0 Å². The molecule has 18 heavy (non-hydrogen) atoms. The molecule has 0 unspecified atom stereocenters. The highest BCUT2D eigenvalue weighted by molar-refractivity contribution is 5.11. The van der Waals surface area contributed by atoms with E-state index in [1.165, 1.54) is 37.9 Å². The van der Waals surface area contributed by atoms with E-state index in [1.807, 2.05) is 19.6 Å². The maximum Gasteiger partial charge on any atom is 0.0948 e. The number of hydrogen-bond donors (Lipinski definition) is 1. The van der Waals surface area contributed by atoms with Crippen LogP contribution in [-0.4, -0.2) is 16.6 Å². The Morgan fingerprint density at radius 2 is 1.94 bits per heavy atom. The van der Waals surface area contributed by atoms with E-state index in [1.54, 1.807) is 0 Å². The molecular weight excluding hydrogens is 222 g/mol. The first-order valence-electron chi connectivity index (χ1n) is 7.31. The van der Waals surface area contributed by atoms with E-state index in [-0.39, 0.29) is 5.54 Å². The van der Waals surface area contributed by atoms with Gasteiger partial charge in [-0.3, -0.25) is 0 Å². The highest BCUT2D eigenvalue weighted by atomic mass is 15.1. The van der Waals surface area contributed by atoms with Crippen molar-refractivity contribution in [1.82, 2.24) is 14.9 Å². The van der Waals surface area contributed by atoms with Crippen LogP contribution in [0.1, 0.15) is 45.2 Å². The number of nitrogens with one attached hydrogen (secondary N) is 1. The third-order valence-electron chi connectivity index (χ3n) is 4.84. The molecule has 0 amide bonds. The largest absolute Gasteiger partial charge is 0.333 e. The molecule has 1 aromatic rings. The molecule has 2 saturated carbocycles. The molecule has 3 rings (SSSR count). The van der Waals surface area contributed by atoms with E-state index in [4.69, 9.17) is 0 Å². The number of imidazole rings is 1. The van der Waals surface area contributed by atoms with Crippen LogP contribution in [0.2, 0.25) is 0 Å². The second-order valence-corrected chi connectivity index (χ2v) is 6.64. The molecule has 2 aliphatic carbocycles. The fourth-order valence-electron chi connectivity index (χ4n) is 3.07. The molecule has 0 spiro atoms. The third-order valence-corrected chi connectivity index (χ3v) is 4.84. The van der Waals surface area contributed by atoms with Gasteiger partial charge in [-0.1, -0.05) is 0 Å². The molecule has 0 bridgehead atoms. The summed E-state index contributed by atoms with van der Waals surface area (Å²) in [4.78, 5) is 4.37. The Morgan fingerprint density at radius 1 is 1.33 bits per heavy atom. The SMILES string of the molecule is CNC(C)(C)c1cncn1CC(C1CC1)C1CC1. The van der Waals surface area contributed by atoms with Crippen LogP contribution in [-0.2, 0) is 12.1 Å². The monoisotopic (exact) mass is 247 g/mol. The molecule has 1 heterocycles. The summed E-state index contributed by atoms with van der Waals surface area (Å²) in [6.45, 7) is 5.63. The van der Waals surface area contributed by atoms with E-state index >= 15 is 0 Å². The van der Waals surface area contributed by atoms with E-state index in [0.717, 1.165) is 17.8 Å². The first kappa shape index (κ1) is 12.2. The van der Waals surface area contributed by atoms with Crippen LogP contribution in [0, 0.1) is 17.8 Å². The van der Waals surface area contributed by atoms with Gasteiger partial charge in [0.05, 0.1) is 17.6 Å². The van der Waals surface area contributed by atoms with E-state index in [2.05, 4.69) is 28.7 Å². The maximum atomic E-state index is 4.37. The predicted octanol–water partition coefficient (Wildman–Crippen LogP) is 2.77. The molecule has 2 fully saturated rings. The summed E-state index contributed by atoms with van der Waals surface area (Å²) >= 11 is 0. The first-order valence-corrected chi connectivity index (χ1v) is 7.31. The van der Waals surface area contributed by atoms with Gasteiger partial charge in [0.1, 0.15) is 0 Å². The lowest BCUT2D eigenvalue weighted by Crippen LogP contribution is -2.36. The lowest BCUT2D eigenvalue weighted by atomic mass is 9.96. The Hall–Kier alpha value is -0.830. The molecule has 1 N–H and O–H groups in total. The lowest BCUT2D eigenvalue weighted by Gasteiger charge is -2.27. The van der Waals surface area contributed by atoms with Gasteiger partial charge in [-0.2, -0.15) is 0 Å². The summed E-state index contributed by atoms with van der Waals surface area (Å²) < 4.78 is 2.39.